The number of hydrogen-bond acceptors (Lipinski definition) is 5. The van der Waals surface area contributed by atoms with Crippen LogP contribution in [0.25, 0.3) is 11.1 Å². The number of likely N-dealkylation sites (N-methyl/N-ethyl adjacent to an activating group) is 1. The van der Waals surface area contributed by atoms with Crippen molar-refractivity contribution in [2.24, 2.45) is 11.8 Å². The average Bonchev–Trinajstić information content (AvgIpc) is 3.59. The van der Waals surface area contributed by atoms with Gasteiger partial charge in [-0.3, -0.25) is 0 Å². The molecular weight excluding hydrogens is 424 g/mol. The third-order valence-corrected chi connectivity index (χ3v) is 8.55. The van der Waals surface area contributed by atoms with Gasteiger partial charge in [0.15, 0.2) is 0 Å². The molecule has 1 aliphatic carbocycles. The normalized spacial score (nSPS) is 24.3. The first-order valence-corrected chi connectivity index (χ1v) is 12.9. The molecule has 0 bridgehead atoms. The Morgan fingerprint density at radius 3 is 2.50 bits per heavy atom. The van der Waals surface area contributed by atoms with Gasteiger partial charge in [0.25, 0.3) is 0 Å². The summed E-state index contributed by atoms with van der Waals surface area (Å²) in [5.74, 6) is 1.12. The smallest absolute Gasteiger partial charge is 0.247 e. The van der Waals surface area contributed by atoms with E-state index in [1.165, 1.54) is 17.1 Å². The third kappa shape index (κ3) is 5.01. The van der Waals surface area contributed by atoms with Gasteiger partial charge in [-0.15, -0.1) is 0 Å². The van der Waals surface area contributed by atoms with Gasteiger partial charge in [0.1, 0.15) is 16.7 Å². The van der Waals surface area contributed by atoms with Crippen LogP contribution >= 0.6 is 0 Å². The Hall–Kier alpha value is -1.93. The summed E-state index contributed by atoms with van der Waals surface area (Å²) in [6.45, 7) is 5.64. The van der Waals surface area contributed by atoms with Crippen LogP contribution in [0.2, 0.25) is 0 Å². The van der Waals surface area contributed by atoms with E-state index < -0.39 is 16.1 Å². The van der Waals surface area contributed by atoms with E-state index in [2.05, 4.69) is 11.9 Å². The standard InChI is InChI=1S/C25H34N2O4S/c1-18-14-27(19(2)17-28)32(29,30)25-12-11-22(21-7-5-4-6-8-21)13-23(25)31-24(18)16-26(3)15-20-9-10-20/h4-8,11-13,18-20,24,28H,9-10,14-17H2,1-3H3/t18-,19-,24-/m1/s1. The maximum absolute atomic E-state index is 13.6. The molecule has 2 aromatic carbocycles. The van der Waals surface area contributed by atoms with Crippen molar-refractivity contribution in [2.75, 3.05) is 33.3 Å². The van der Waals surface area contributed by atoms with Crippen LogP contribution in [0.5, 0.6) is 5.75 Å². The van der Waals surface area contributed by atoms with E-state index in [-0.39, 0.29) is 23.5 Å². The minimum Gasteiger partial charge on any atom is -0.487 e. The molecule has 6 nitrogen and oxygen atoms in total. The van der Waals surface area contributed by atoms with Gasteiger partial charge in [-0.2, -0.15) is 4.31 Å². The van der Waals surface area contributed by atoms with Gasteiger partial charge in [-0.25, -0.2) is 8.42 Å². The van der Waals surface area contributed by atoms with Gasteiger partial charge < -0.3 is 14.7 Å². The Morgan fingerprint density at radius 2 is 1.84 bits per heavy atom. The molecule has 1 fully saturated rings. The Labute approximate surface area is 191 Å². The summed E-state index contributed by atoms with van der Waals surface area (Å²) < 4.78 is 35.1. The van der Waals surface area contributed by atoms with Crippen molar-refractivity contribution in [3.8, 4) is 16.9 Å². The van der Waals surface area contributed by atoms with E-state index in [1.54, 1.807) is 13.0 Å². The molecular formula is C25H34N2O4S. The molecule has 0 saturated heterocycles. The predicted octanol–water partition coefficient (Wildman–Crippen LogP) is 3.46. The fourth-order valence-electron chi connectivity index (χ4n) is 4.38. The number of rotatable bonds is 7. The second kappa shape index (κ2) is 9.51. The quantitative estimate of drug-likeness (QED) is 0.688. The number of ether oxygens (including phenoxy) is 1. The summed E-state index contributed by atoms with van der Waals surface area (Å²) in [6, 6.07) is 14.7. The van der Waals surface area contributed by atoms with Gasteiger partial charge in [0.2, 0.25) is 10.0 Å². The molecule has 1 heterocycles. The molecule has 174 valence electrons. The van der Waals surface area contributed by atoms with Crippen molar-refractivity contribution in [1.82, 2.24) is 9.21 Å². The van der Waals surface area contributed by atoms with E-state index in [0.717, 1.165) is 30.1 Å². The number of benzene rings is 2. The molecule has 2 aromatic rings. The first-order chi connectivity index (χ1) is 15.3. The molecule has 2 aliphatic rings. The van der Waals surface area contributed by atoms with E-state index >= 15 is 0 Å². The minimum absolute atomic E-state index is 0.0334. The highest BCUT2D eigenvalue weighted by Gasteiger charge is 2.38. The lowest BCUT2D eigenvalue weighted by atomic mass is 10.0. The molecule has 4 rings (SSSR count). The Bertz CT molecular complexity index is 1020. The van der Waals surface area contributed by atoms with Crippen molar-refractivity contribution in [3.05, 3.63) is 48.5 Å². The summed E-state index contributed by atoms with van der Waals surface area (Å²) in [6.07, 6.45) is 2.41. The van der Waals surface area contributed by atoms with Crippen molar-refractivity contribution in [2.45, 2.75) is 43.7 Å². The average molecular weight is 459 g/mol. The summed E-state index contributed by atoms with van der Waals surface area (Å²) >= 11 is 0. The molecule has 1 saturated carbocycles. The fourth-order valence-corrected chi connectivity index (χ4v) is 6.20. The highest BCUT2D eigenvalue weighted by atomic mass is 32.2. The minimum atomic E-state index is -3.81. The van der Waals surface area contributed by atoms with E-state index in [4.69, 9.17) is 4.74 Å². The largest absolute Gasteiger partial charge is 0.487 e. The number of hydrogen-bond donors (Lipinski definition) is 1. The van der Waals surface area contributed by atoms with Crippen molar-refractivity contribution >= 4 is 10.0 Å². The first-order valence-electron chi connectivity index (χ1n) is 11.5. The number of nitrogens with zero attached hydrogens (tertiary/aromatic N) is 2. The summed E-state index contributed by atoms with van der Waals surface area (Å²) in [5.41, 5.74) is 1.93. The van der Waals surface area contributed by atoms with Gasteiger partial charge in [0.05, 0.1) is 6.61 Å². The molecule has 32 heavy (non-hydrogen) atoms. The number of sulfonamides is 1. The van der Waals surface area contributed by atoms with Crippen molar-refractivity contribution in [3.63, 3.8) is 0 Å². The van der Waals surface area contributed by atoms with Crippen LogP contribution < -0.4 is 4.74 Å². The summed E-state index contributed by atoms with van der Waals surface area (Å²) in [4.78, 5) is 2.47. The zero-order valence-corrected chi connectivity index (χ0v) is 20.0. The predicted molar refractivity (Wildman–Crippen MR) is 126 cm³/mol. The number of aliphatic hydroxyl groups is 1. The highest BCUT2D eigenvalue weighted by Crippen LogP contribution is 2.37. The van der Waals surface area contributed by atoms with E-state index in [1.807, 2.05) is 49.4 Å². The lowest BCUT2D eigenvalue weighted by Crippen LogP contribution is -2.49. The van der Waals surface area contributed by atoms with E-state index in [9.17, 15) is 13.5 Å². The Morgan fingerprint density at radius 1 is 1.12 bits per heavy atom. The van der Waals surface area contributed by atoms with Crippen LogP contribution in [0.1, 0.15) is 26.7 Å². The maximum Gasteiger partial charge on any atom is 0.247 e. The Balaban J connectivity index is 1.74. The first kappa shape index (κ1) is 23.2. The lowest BCUT2D eigenvalue weighted by molar-refractivity contribution is 0.0741. The number of aliphatic hydroxyl groups excluding tert-OH is 1. The van der Waals surface area contributed by atoms with Crippen molar-refractivity contribution in [1.29, 1.82) is 0 Å². The molecule has 1 aliphatic heterocycles. The van der Waals surface area contributed by atoms with Gasteiger partial charge in [-0.05, 0) is 56.0 Å². The molecule has 0 spiro atoms. The molecule has 1 N–H and O–H groups in total. The molecule has 0 unspecified atom stereocenters. The molecule has 0 aromatic heterocycles. The van der Waals surface area contributed by atoms with Crippen LogP contribution in [-0.4, -0.2) is 68.2 Å². The number of fused-ring (bicyclic) bond motifs is 1. The Kier molecular flexibility index (Phi) is 6.91. The molecule has 0 amide bonds. The zero-order valence-electron chi connectivity index (χ0n) is 19.1. The van der Waals surface area contributed by atoms with Crippen LogP contribution in [-0.2, 0) is 10.0 Å². The van der Waals surface area contributed by atoms with Gasteiger partial charge >= 0.3 is 0 Å². The summed E-state index contributed by atoms with van der Waals surface area (Å²) in [5, 5.41) is 9.78. The SMILES string of the molecule is C[C@@H]1CN([C@H](C)CO)S(=O)(=O)c2ccc(-c3ccccc3)cc2O[C@@H]1CN(C)CC1CC1. The third-order valence-electron chi connectivity index (χ3n) is 6.53. The fraction of sp³-hybridized carbons (Fsp3) is 0.520. The second-order valence-corrected chi connectivity index (χ2v) is 11.3. The van der Waals surface area contributed by atoms with Gasteiger partial charge in [-0.1, -0.05) is 43.3 Å². The molecule has 7 heteroatoms. The monoisotopic (exact) mass is 458 g/mol. The highest BCUT2D eigenvalue weighted by molar-refractivity contribution is 7.89. The maximum atomic E-state index is 13.6. The summed E-state index contributed by atoms with van der Waals surface area (Å²) in [7, 11) is -1.70. The van der Waals surface area contributed by atoms with Gasteiger partial charge in [0, 0.05) is 31.6 Å². The van der Waals surface area contributed by atoms with Crippen LogP contribution in [0, 0.1) is 11.8 Å². The second-order valence-electron chi connectivity index (χ2n) is 9.43. The van der Waals surface area contributed by atoms with Crippen LogP contribution in [0.4, 0.5) is 0 Å². The topological polar surface area (TPSA) is 70.1 Å². The molecule has 3 atom stereocenters. The van der Waals surface area contributed by atoms with E-state index in [0.29, 0.717) is 12.3 Å². The lowest BCUT2D eigenvalue weighted by Gasteiger charge is -2.37. The molecule has 0 radical (unpaired) electrons. The van der Waals surface area contributed by atoms with Crippen LogP contribution in [0.3, 0.4) is 0 Å². The zero-order chi connectivity index (χ0) is 22.9. The van der Waals surface area contributed by atoms with Crippen LogP contribution in [0.15, 0.2) is 53.4 Å². The van der Waals surface area contributed by atoms with Crippen molar-refractivity contribution < 1.29 is 18.3 Å².